The second-order valence-corrected chi connectivity index (χ2v) is 3.24. The molecule has 56 valence electrons. The van der Waals surface area contributed by atoms with Crippen LogP contribution in [0.15, 0.2) is 0 Å². The molecule has 0 aliphatic heterocycles. The van der Waals surface area contributed by atoms with Gasteiger partial charge in [0.15, 0.2) is 0 Å². The van der Waals surface area contributed by atoms with Gasteiger partial charge in [0.1, 0.15) is 0 Å². The van der Waals surface area contributed by atoms with E-state index in [2.05, 4.69) is 31.9 Å². The third-order valence-electron chi connectivity index (χ3n) is 0.775. The highest BCUT2D eigenvalue weighted by Gasteiger charge is 2.02. The number of hydrogen-bond donors (Lipinski definition) is 0. The molecule has 0 aromatic heterocycles. The first kappa shape index (κ1) is 10.2. The van der Waals surface area contributed by atoms with Crippen molar-refractivity contribution in [2.45, 2.75) is 6.10 Å². The Bertz CT molecular complexity index is 58.9. The molecule has 0 heterocycles. The molecule has 0 fully saturated rings. The summed E-state index contributed by atoms with van der Waals surface area (Å²) in [6.45, 7) is 0.725. The van der Waals surface area contributed by atoms with Crippen LogP contribution < -0.4 is 0 Å². The normalized spacial score (nSPS) is 13.7. The zero-order valence-corrected chi connectivity index (χ0v) is 8.88. The molecule has 0 unspecified atom stereocenters. The smallest absolute Gasteiger partial charge is 0.0807 e. The van der Waals surface area contributed by atoms with Gasteiger partial charge in [-0.3, -0.25) is 0 Å². The van der Waals surface area contributed by atoms with Gasteiger partial charge in [0.25, 0.3) is 0 Å². The van der Waals surface area contributed by atoms with Crippen LogP contribution in [0.25, 0.3) is 0 Å². The summed E-state index contributed by atoms with van der Waals surface area (Å²) in [7, 11) is 0. The summed E-state index contributed by atoms with van der Waals surface area (Å²) < 4.78 is 5.26. The molecular weight excluding hydrogens is 271 g/mol. The Balaban J connectivity index is 3.09. The quantitative estimate of drug-likeness (QED) is 0.703. The first-order valence-corrected chi connectivity index (χ1v) is 5.42. The van der Waals surface area contributed by atoms with Crippen LogP contribution in [0.4, 0.5) is 0 Å². The summed E-state index contributed by atoms with van der Waals surface area (Å²) in [5.74, 6) is 0.554. The molecular formula is C5H9Br2ClO. The largest absolute Gasteiger partial charge is 0.375 e. The van der Waals surface area contributed by atoms with E-state index in [1.54, 1.807) is 0 Å². The van der Waals surface area contributed by atoms with Crippen molar-refractivity contribution >= 4 is 43.5 Å². The summed E-state index contributed by atoms with van der Waals surface area (Å²) >= 11 is 12.1. The van der Waals surface area contributed by atoms with Crippen molar-refractivity contribution in [1.29, 1.82) is 0 Å². The molecule has 0 spiro atoms. The monoisotopic (exact) mass is 278 g/mol. The van der Waals surface area contributed by atoms with Crippen LogP contribution in [0.3, 0.4) is 0 Å². The van der Waals surface area contributed by atoms with Crippen LogP contribution >= 0.6 is 43.5 Å². The van der Waals surface area contributed by atoms with Gasteiger partial charge in [-0.15, -0.1) is 11.6 Å². The molecule has 1 atom stereocenters. The van der Waals surface area contributed by atoms with E-state index in [1.807, 2.05) is 0 Å². The fraction of sp³-hybridized carbons (Fsp3) is 1.00. The van der Waals surface area contributed by atoms with Crippen LogP contribution in [-0.4, -0.2) is 29.3 Å². The third-order valence-corrected chi connectivity index (χ3v) is 2.17. The summed E-state index contributed by atoms with van der Waals surface area (Å²) in [5, 5.41) is 1.68. The van der Waals surface area contributed by atoms with Crippen molar-refractivity contribution in [1.82, 2.24) is 0 Å². The molecule has 0 saturated carbocycles. The first-order valence-electron chi connectivity index (χ1n) is 2.64. The fourth-order valence-corrected chi connectivity index (χ4v) is 1.41. The van der Waals surface area contributed by atoms with Crippen LogP contribution in [-0.2, 0) is 4.74 Å². The number of rotatable bonds is 5. The third kappa shape index (κ3) is 5.64. The Kier molecular flexibility index (Phi) is 8.30. The molecule has 0 aromatic carbocycles. The van der Waals surface area contributed by atoms with Crippen molar-refractivity contribution in [3.05, 3.63) is 0 Å². The predicted molar refractivity (Wildman–Crippen MR) is 48.0 cm³/mol. The van der Waals surface area contributed by atoms with E-state index in [0.29, 0.717) is 5.88 Å². The Morgan fingerprint density at radius 3 is 2.44 bits per heavy atom. The standard InChI is InChI=1S/C5H9Br2ClO/c6-1-2-9-5(3-7)4-8/h5H,1-4H2/t5-/m1/s1. The minimum atomic E-state index is 0.157. The highest BCUT2D eigenvalue weighted by atomic mass is 79.9. The van der Waals surface area contributed by atoms with Crippen LogP contribution in [0.5, 0.6) is 0 Å². The maximum atomic E-state index is 5.53. The molecule has 4 heteroatoms. The minimum absolute atomic E-state index is 0.157. The van der Waals surface area contributed by atoms with Gasteiger partial charge >= 0.3 is 0 Å². The number of ether oxygens (including phenoxy) is 1. The maximum absolute atomic E-state index is 5.53. The second-order valence-electron chi connectivity index (χ2n) is 1.49. The van der Waals surface area contributed by atoms with Crippen LogP contribution in [0.1, 0.15) is 0 Å². The van der Waals surface area contributed by atoms with Crippen molar-refractivity contribution < 1.29 is 4.74 Å². The molecule has 0 N–H and O–H groups in total. The summed E-state index contributed by atoms with van der Waals surface area (Å²) in [6.07, 6.45) is 0.157. The van der Waals surface area contributed by atoms with E-state index in [-0.39, 0.29) is 6.10 Å². The lowest BCUT2D eigenvalue weighted by Crippen LogP contribution is -2.17. The lowest BCUT2D eigenvalue weighted by atomic mass is 10.5. The van der Waals surface area contributed by atoms with E-state index >= 15 is 0 Å². The highest BCUT2D eigenvalue weighted by Crippen LogP contribution is 1.99. The van der Waals surface area contributed by atoms with E-state index < -0.39 is 0 Å². The van der Waals surface area contributed by atoms with E-state index in [4.69, 9.17) is 16.3 Å². The lowest BCUT2D eigenvalue weighted by Gasteiger charge is -2.09. The van der Waals surface area contributed by atoms with Gasteiger partial charge in [-0.25, -0.2) is 0 Å². The molecule has 0 amide bonds. The maximum Gasteiger partial charge on any atom is 0.0807 e. The summed E-state index contributed by atoms with van der Waals surface area (Å²) in [5.41, 5.74) is 0. The molecule has 0 radical (unpaired) electrons. The van der Waals surface area contributed by atoms with Gasteiger partial charge in [-0.2, -0.15) is 0 Å². The Labute approximate surface area is 77.4 Å². The fourth-order valence-electron chi connectivity index (χ4n) is 0.342. The van der Waals surface area contributed by atoms with Gasteiger partial charge in [-0.1, -0.05) is 31.9 Å². The summed E-state index contributed by atoms with van der Waals surface area (Å²) in [6, 6.07) is 0. The molecule has 0 aliphatic rings. The zero-order chi connectivity index (χ0) is 7.11. The van der Waals surface area contributed by atoms with Gasteiger partial charge in [0.2, 0.25) is 0 Å². The molecule has 0 bridgehead atoms. The molecule has 0 saturated heterocycles. The van der Waals surface area contributed by atoms with Crippen molar-refractivity contribution in [2.75, 3.05) is 23.1 Å². The van der Waals surface area contributed by atoms with Gasteiger partial charge in [0.05, 0.1) is 12.7 Å². The Hall–Kier alpha value is 1.21. The average molecular weight is 280 g/mol. The topological polar surface area (TPSA) is 9.23 Å². The van der Waals surface area contributed by atoms with Gasteiger partial charge in [0, 0.05) is 16.5 Å². The van der Waals surface area contributed by atoms with Crippen molar-refractivity contribution in [3.63, 3.8) is 0 Å². The van der Waals surface area contributed by atoms with Crippen molar-refractivity contribution in [2.24, 2.45) is 0 Å². The van der Waals surface area contributed by atoms with Gasteiger partial charge < -0.3 is 4.74 Å². The molecule has 9 heavy (non-hydrogen) atoms. The lowest BCUT2D eigenvalue weighted by molar-refractivity contribution is 0.0990. The molecule has 0 aromatic rings. The second kappa shape index (κ2) is 7.32. The van der Waals surface area contributed by atoms with E-state index in [0.717, 1.165) is 17.3 Å². The predicted octanol–water partition coefficient (Wildman–Crippen LogP) is 2.40. The highest BCUT2D eigenvalue weighted by molar-refractivity contribution is 9.09. The molecule has 1 nitrogen and oxygen atoms in total. The number of hydrogen-bond acceptors (Lipinski definition) is 1. The van der Waals surface area contributed by atoms with Crippen LogP contribution in [0, 0.1) is 0 Å². The Morgan fingerprint density at radius 1 is 1.44 bits per heavy atom. The van der Waals surface area contributed by atoms with Gasteiger partial charge in [-0.05, 0) is 0 Å². The summed E-state index contributed by atoms with van der Waals surface area (Å²) in [4.78, 5) is 0. The minimum Gasteiger partial charge on any atom is -0.375 e. The van der Waals surface area contributed by atoms with E-state index in [1.165, 1.54) is 0 Å². The zero-order valence-electron chi connectivity index (χ0n) is 4.95. The average Bonchev–Trinajstić information content (AvgIpc) is 1.91. The molecule has 0 aliphatic carbocycles. The Morgan fingerprint density at radius 2 is 2.11 bits per heavy atom. The number of halogens is 3. The van der Waals surface area contributed by atoms with Crippen molar-refractivity contribution in [3.8, 4) is 0 Å². The van der Waals surface area contributed by atoms with E-state index in [9.17, 15) is 0 Å². The first-order chi connectivity index (χ1) is 4.35. The van der Waals surface area contributed by atoms with Crippen LogP contribution in [0.2, 0.25) is 0 Å². The molecule has 0 rings (SSSR count). The number of alkyl halides is 3. The SMILES string of the molecule is ClC[C@@H](CBr)OCCBr.